The van der Waals surface area contributed by atoms with Crippen LogP contribution in [-0.4, -0.2) is 20.6 Å². The molecule has 0 saturated carbocycles. The lowest BCUT2D eigenvalue weighted by Crippen LogP contribution is -2.34. The van der Waals surface area contributed by atoms with Gasteiger partial charge in [0, 0.05) is 0 Å². The molecule has 0 bridgehead atoms. The number of rotatable bonds is 5. The molecule has 3 N–H and O–H groups in total. The van der Waals surface area contributed by atoms with Crippen molar-refractivity contribution in [2.75, 3.05) is 0 Å². The highest BCUT2D eigenvalue weighted by molar-refractivity contribution is 4.97. The first-order valence-electron chi connectivity index (χ1n) is 4.69. The van der Waals surface area contributed by atoms with Gasteiger partial charge in [0.25, 0.3) is 0 Å². The molecule has 1 rings (SSSR count). The van der Waals surface area contributed by atoms with E-state index in [2.05, 4.69) is 27.5 Å². The van der Waals surface area contributed by atoms with E-state index in [1.807, 2.05) is 6.92 Å². The van der Waals surface area contributed by atoms with Crippen molar-refractivity contribution >= 4 is 0 Å². The number of nitrogens with one attached hydrogen (secondary N) is 1. The van der Waals surface area contributed by atoms with Crippen LogP contribution in [0.1, 0.15) is 45.4 Å². The van der Waals surface area contributed by atoms with E-state index in [1.54, 1.807) is 0 Å². The molecule has 74 valence electrons. The summed E-state index contributed by atoms with van der Waals surface area (Å²) in [6.07, 6.45) is 4.41. The van der Waals surface area contributed by atoms with Gasteiger partial charge in [-0.1, -0.05) is 31.4 Å². The Labute approximate surface area is 78.1 Å². The molecule has 0 fully saturated rings. The normalized spacial score (nSPS) is 15.6. The lowest BCUT2D eigenvalue weighted by Gasteiger charge is -2.19. The average Bonchev–Trinajstić information content (AvgIpc) is 2.56. The van der Waals surface area contributed by atoms with Crippen molar-refractivity contribution in [2.24, 2.45) is 5.73 Å². The fraction of sp³-hybridized carbons (Fsp3) is 0.875. The summed E-state index contributed by atoms with van der Waals surface area (Å²) in [5.41, 5.74) is 5.60. The van der Waals surface area contributed by atoms with Crippen LogP contribution in [0.3, 0.4) is 0 Å². The lowest BCUT2D eigenvalue weighted by molar-refractivity contribution is 0.404. The van der Waals surface area contributed by atoms with Crippen molar-refractivity contribution in [1.82, 2.24) is 20.6 Å². The van der Waals surface area contributed by atoms with Crippen molar-refractivity contribution in [1.29, 1.82) is 0 Å². The standard InChI is InChI=1S/C8H17N5/c1-3-4-5-6-8(2,9)7-10-12-13-11-7/h3-6,9H2,1-2H3,(H,10,11,12,13). The van der Waals surface area contributed by atoms with Crippen molar-refractivity contribution in [2.45, 2.75) is 45.1 Å². The molecule has 0 spiro atoms. The largest absolute Gasteiger partial charge is 0.319 e. The number of hydrogen-bond donors (Lipinski definition) is 2. The fourth-order valence-corrected chi connectivity index (χ4v) is 1.26. The first kappa shape index (κ1) is 10.1. The molecule has 0 amide bonds. The van der Waals surface area contributed by atoms with Crippen LogP contribution in [0.2, 0.25) is 0 Å². The number of unbranched alkanes of at least 4 members (excludes halogenated alkanes) is 2. The topological polar surface area (TPSA) is 80.5 Å². The van der Waals surface area contributed by atoms with E-state index in [9.17, 15) is 0 Å². The number of nitrogens with zero attached hydrogens (tertiary/aromatic N) is 3. The van der Waals surface area contributed by atoms with Crippen molar-refractivity contribution < 1.29 is 0 Å². The quantitative estimate of drug-likeness (QED) is 0.666. The molecule has 5 nitrogen and oxygen atoms in total. The SMILES string of the molecule is CCCCCC(C)(N)c1nn[nH]n1. The highest BCUT2D eigenvalue weighted by Crippen LogP contribution is 2.19. The maximum Gasteiger partial charge on any atom is 0.194 e. The minimum atomic E-state index is -0.442. The van der Waals surface area contributed by atoms with Gasteiger partial charge in [-0.3, -0.25) is 0 Å². The minimum absolute atomic E-state index is 0.442. The van der Waals surface area contributed by atoms with E-state index in [0.29, 0.717) is 5.82 Å². The molecular weight excluding hydrogens is 166 g/mol. The molecule has 1 unspecified atom stereocenters. The summed E-state index contributed by atoms with van der Waals surface area (Å²) >= 11 is 0. The summed E-state index contributed by atoms with van der Waals surface area (Å²) in [7, 11) is 0. The Morgan fingerprint density at radius 1 is 1.46 bits per heavy atom. The van der Waals surface area contributed by atoms with Crippen molar-refractivity contribution in [3.8, 4) is 0 Å². The molecule has 0 aliphatic carbocycles. The number of aromatic nitrogens is 4. The van der Waals surface area contributed by atoms with Gasteiger partial charge in [0.15, 0.2) is 5.82 Å². The Balaban J connectivity index is 2.46. The first-order valence-corrected chi connectivity index (χ1v) is 4.69. The van der Waals surface area contributed by atoms with Gasteiger partial charge in [0.1, 0.15) is 0 Å². The molecule has 0 aliphatic rings. The third-order valence-electron chi connectivity index (χ3n) is 2.16. The number of tetrazole rings is 1. The van der Waals surface area contributed by atoms with Crippen molar-refractivity contribution in [3.63, 3.8) is 0 Å². The molecular formula is C8H17N5. The zero-order chi connectivity index (χ0) is 9.73. The Hall–Kier alpha value is -0.970. The molecule has 1 heterocycles. The number of aromatic amines is 1. The maximum atomic E-state index is 6.04. The summed E-state index contributed by atoms with van der Waals surface area (Å²) in [4.78, 5) is 0. The predicted octanol–water partition coefficient (Wildman–Crippen LogP) is 0.954. The fourth-order valence-electron chi connectivity index (χ4n) is 1.26. The second-order valence-corrected chi connectivity index (χ2v) is 3.61. The third kappa shape index (κ3) is 2.77. The molecule has 5 heteroatoms. The molecule has 1 aromatic rings. The third-order valence-corrected chi connectivity index (χ3v) is 2.16. The average molecular weight is 183 g/mol. The minimum Gasteiger partial charge on any atom is -0.319 e. The maximum absolute atomic E-state index is 6.04. The summed E-state index contributed by atoms with van der Waals surface area (Å²) in [6.45, 7) is 4.11. The van der Waals surface area contributed by atoms with E-state index in [-0.39, 0.29) is 0 Å². The molecule has 0 saturated heterocycles. The van der Waals surface area contributed by atoms with E-state index in [0.717, 1.165) is 12.8 Å². The number of nitrogens with two attached hydrogens (primary N) is 1. The lowest BCUT2D eigenvalue weighted by atomic mass is 9.95. The van der Waals surface area contributed by atoms with Crippen LogP contribution in [0, 0.1) is 0 Å². The van der Waals surface area contributed by atoms with Crippen LogP contribution in [0.15, 0.2) is 0 Å². The van der Waals surface area contributed by atoms with Crippen LogP contribution in [0.25, 0.3) is 0 Å². The van der Waals surface area contributed by atoms with Crippen LogP contribution >= 0.6 is 0 Å². The van der Waals surface area contributed by atoms with Gasteiger partial charge in [-0.25, -0.2) is 0 Å². The number of hydrogen-bond acceptors (Lipinski definition) is 4. The summed E-state index contributed by atoms with van der Waals surface area (Å²) in [5, 5.41) is 13.7. The Bertz CT molecular complexity index is 229. The molecule has 13 heavy (non-hydrogen) atoms. The monoisotopic (exact) mass is 183 g/mol. The second kappa shape index (κ2) is 4.32. The van der Waals surface area contributed by atoms with Crippen molar-refractivity contribution in [3.05, 3.63) is 5.82 Å². The van der Waals surface area contributed by atoms with E-state index >= 15 is 0 Å². The zero-order valence-corrected chi connectivity index (χ0v) is 8.25. The highest BCUT2D eigenvalue weighted by Gasteiger charge is 2.24. The van der Waals surface area contributed by atoms with E-state index in [1.165, 1.54) is 12.8 Å². The first-order chi connectivity index (χ1) is 6.17. The van der Waals surface area contributed by atoms with E-state index in [4.69, 9.17) is 5.73 Å². The second-order valence-electron chi connectivity index (χ2n) is 3.61. The predicted molar refractivity (Wildman–Crippen MR) is 49.9 cm³/mol. The van der Waals surface area contributed by atoms with Gasteiger partial charge >= 0.3 is 0 Å². The van der Waals surface area contributed by atoms with E-state index < -0.39 is 5.54 Å². The van der Waals surface area contributed by atoms with Gasteiger partial charge in [-0.2, -0.15) is 5.21 Å². The van der Waals surface area contributed by atoms with Gasteiger partial charge in [0.05, 0.1) is 5.54 Å². The summed E-state index contributed by atoms with van der Waals surface area (Å²) in [6, 6.07) is 0. The molecule has 0 aliphatic heterocycles. The highest BCUT2D eigenvalue weighted by atomic mass is 15.5. The molecule has 1 atom stereocenters. The van der Waals surface area contributed by atoms with Gasteiger partial charge in [0.2, 0.25) is 0 Å². The van der Waals surface area contributed by atoms with Crippen LogP contribution in [-0.2, 0) is 5.54 Å². The summed E-state index contributed by atoms with van der Waals surface area (Å²) < 4.78 is 0. The molecule has 0 aromatic carbocycles. The van der Waals surface area contributed by atoms with Crippen LogP contribution in [0.4, 0.5) is 0 Å². The summed E-state index contributed by atoms with van der Waals surface area (Å²) in [5.74, 6) is 0.601. The van der Waals surface area contributed by atoms with Crippen LogP contribution < -0.4 is 5.73 Å². The van der Waals surface area contributed by atoms with Gasteiger partial charge < -0.3 is 5.73 Å². The molecule has 1 aromatic heterocycles. The smallest absolute Gasteiger partial charge is 0.194 e. The van der Waals surface area contributed by atoms with Gasteiger partial charge in [-0.05, 0) is 13.3 Å². The molecule has 0 radical (unpaired) electrons. The Kier molecular flexibility index (Phi) is 3.36. The number of H-pyrrole nitrogens is 1. The zero-order valence-electron chi connectivity index (χ0n) is 8.25. The van der Waals surface area contributed by atoms with Gasteiger partial charge in [-0.15, -0.1) is 10.2 Å². The Morgan fingerprint density at radius 2 is 2.23 bits per heavy atom. The Morgan fingerprint density at radius 3 is 2.77 bits per heavy atom. The van der Waals surface area contributed by atoms with Crippen LogP contribution in [0.5, 0.6) is 0 Å².